The number of hydrogen-bond donors (Lipinski definition) is 1. The van der Waals surface area contributed by atoms with Crippen molar-refractivity contribution in [2.24, 2.45) is 11.8 Å². The number of ether oxygens (including phenoxy) is 1. The van der Waals surface area contributed by atoms with Crippen molar-refractivity contribution in [1.82, 2.24) is 4.98 Å². The molecular formula is C19H23F3N2O2. The summed E-state index contributed by atoms with van der Waals surface area (Å²) < 4.78 is 43.6. The Bertz CT molecular complexity index is 691. The SMILES string of the molecule is C=CC(=O)Nc1cc(C=CC2CCC(C(F)(F)F)CC2)c(OC)c(C)n1. The zero-order valence-electron chi connectivity index (χ0n) is 14.9. The summed E-state index contributed by atoms with van der Waals surface area (Å²) in [6.07, 6.45) is 2.13. The number of amides is 1. The van der Waals surface area contributed by atoms with Crippen molar-refractivity contribution in [2.45, 2.75) is 38.8 Å². The second-order valence-electron chi connectivity index (χ2n) is 6.42. The molecule has 0 saturated heterocycles. The number of hydrogen-bond acceptors (Lipinski definition) is 3. The molecule has 1 aliphatic carbocycles. The topological polar surface area (TPSA) is 51.2 Å². The summed E-state index contributed by atoms with van der Waals surface area (Å²) in [6, 6.07) is 1.67. The van der Waals surface area contributed by atoms with Gasteiger partial charge < -0.3 is 10.1 Å². The van der Waals surface area contributed by atoms with Gasteiger partial charge in [0.1, 0.15) is 11.6 Å². The fourth-order valence-corrected chi connectivity index (χ4v) is 3.19. The number of nitrogens with zero attached hydrogens (tertiary/aromatic N) is 1. The number of halogens is 3. The second-order valence-corrected chi connectivity index (χ2v) is 6.42. The molecule has 26 heavy (non-hydrogen) atoms. The van der Waals surface area contributed by atoms with E-state index in [0.29, 0.717) is 30.1 Å². The normalized spacial score (nSPS) is 20.8. The van der Waals surface area contributed by atoms with E-state index >= 15 is 0 Å². The van der Waals surface area contributed by atoms with Crippen LogP contribution in [0, 0.1) is 18.8 Å². The number of alkyl halides is 3. The Hall–Kier alpha value is -2.31. The molecule has 0 aromatic carbocycles. The van der Waals surface area contributed by atoms with Crippen LogP contribution in [-0.2, 0) is 4.79 Å². The summed E-state index contributed by atoms with van der Waals surface area (Å²) in [7, 11) is 1.53. The van der Waals surface area contributed by atoms with E-state index in [9.17, 15) is 18.0 Å². The van der Waals surface area contributed by atoms with Crippen LogP contribution in [0.2, 0.25) is 0 Å². The molecule has 0 spiro atoms. The molecule has 142 valence electrons. The minimum absolute atomic E-state index is 0.0954. The number of pyridine rings is 1. The molecule has 1 N–H and O–H groups in total. The number of nitrogens with one attached hydrogen (secondary N) is 1. The number of anilines is 1. The monoisotopic (exact) mass is 368 g/mol. The third-order valence-electron chi connectivity index (χ3n) is 4.59. The van der Waals surface area contributed by atoms with Gasteiger partial charge in [0.15, 0.2) is 0 Å². The van der Waals surface area contributed by atoms with Gasteiger partial charge in [-0.25, -0.2) is 4.98 Å². The Balaban J connectivity index is 2.13. The van der Waals surface area contributed by atoms with E-state index in [1.165, 1.54) is 7.11 Å². The summed E-state index contributed by atoms with van der Waals surface area (Å²) in [5.74, 6) is -0.526. The molecule has 1 saturated carbocycles. The predicted molar refractivity (Wildman–Crippen MR) is 94.9 cm³/mol. The zero-order chi connectivity index (χ0) is 19.3. The van der Waals surface area contributed by atoms with Crippen LogP contribution in [0.25, 0.3) is 6.08 Å². The molecule has 0 unspecified atom stereocenters. The molecule has 0 bridgehead atoms. The Morgan fingerprint density at radius 1 is 1.35 bits per heavy atom. The highest BCUT2D eigenvalue weighted by molar-refractivity contribution is 5.98. The third-order valence-corrected chi connectivity index (χ3v) is 4.59. The Labute approximate surface area is 151 Å². The summed E-state index contributed by atoms with van der Waals surface area (Å²) in [5, 5.41) is 2.60. The Kier molecular flexibility index (Phi) is 6.45. The van der Waals surface area contributed by atoms with Gasteiger partial charge in [-0.15, -0.1) is 0 Å². The number of aromatic nitrogens is 1. The number of rotatable bonds is 5. The highest BCUT2D eigenvalue weighted by atomic mass is 19.4. The van der Waals surface area contributed by atoms with Crippen molar-refractivity contribution in [3.8, 4) is 5.75 Å². The first kappa shape index (κ1) is 20.0. The van der Waals surface area contributed by atoms with Gasteiger partial charge in [-0.1, -0.05) is 18.7 Å². The molecule has 0 radical (unpaired) electrons. The van der Waals surface area contributed by atoms with Gasteiger partial charge in [-0.05, 0) is 50.7 Å². The standard InChI is InChI=1S/C19H23F3N2O2/c1-4-17(25)24-16-11-14(18(26-3)12(2)23-16)8-5-13-6-9-15(10-7-13)19(20,21)22/h4-5,8,11,13,15H,1,6-7,9-10H2,2-3H3,(H,23,24,25). The maximum absolute atomic E-state index is 12.8. The van der Waals surface area contributed by atoms with E-state index in [0.717, 1.165) is 11.6 Å². The number of allylic oxidation sites excluding steroid dienone is 1. The first-order valence-electron chi connectivity index (χ1n) is 8.48. The number of carbonyl (C=O) groups is 1. The van der Waals surface area contributed by atoms with Gasteiger partial charge in [0.2, 0.25) is 5.91 Å². The lowest BCUT2D eigenvalue weighted by Crippen LogP contribution is -2.27. The first-order valence-corrected chi connectivity index (χ1v) is 8.48. The van der Waals surface area contributed by atoms with E-state index in [2.05, 4.69) is 16.9 Å². The molecule has 0 atom stereocenters. The largest absolute Gasteiger partial charge is 0.494 e. The van der Waals surface area contributed by atoms with Crippen LogP contribution in [0.15, 0.2) is 24.8 Å². The van der Waals surface area contributed by atoms with Gasteiger partial charge in [0.05, 0.1) is 18.7 Å². The molecule has 1 aromatic rings. The summed E-state index contributed by atoms with van der Waals surface area (Å²) in [6.45, 7) is 5.16. The number of carbonyl (C=O) groups excluding carboxylic acids is 1. The van der Waals surface area contributed by atoms with E-state index in [4.69, 9.17) is 4.74 Å². The maximum atomic E-state index is 12.8. The summed E-state index contributed by atoms with van der Waals surface area (Å²) in [4.78, 5) is 15.7. The molecule has 4 nitrogen and oxygen atoms in total. The molecule has 1 heterocycles. The van der Waals surface area contributed by atoms with Crippen LogP contribution < -0.4 is 10.1 Å². The van der Waals surface area contributed by atoms with Crippen molar-refractivity contribution in [3.63, 3.8) is 0 Å². The number of methoxy groups -OCH3 is 1. The van der Waals surface area contributed by atoms with Crippen molar-refractivity contribution in [3.05, 3.63) is 36.1 Å². The first-order chi connectivity index (χ1) is 12.2. The minimum Gasteiger partial charge on any atom is -0.494 e. The van der Waals surface area contributed by atoms with Crippen LogP contribution in [0.5, 0.6) is 5.75 Å². The van der Waals surface area contributed by atoms with Gasteiger partial charge >= 0.3 is 6.18 Å². The van der Waals surface area contributed by atoms with Crippen molar-refractivity contribution >= 4 is 17.8 Å². The van der Waals surface area contributed by atoms with E-state index in [1.54, 1.807) is 13.0 Å². The minimum atomic E-state index is -4.10. The van der Waals surface area contributed by atoms with E-state index in [-0.39, 0.29) is 24.7 Å². The lowest BCUT2D eigenvalue weighted by molar-refractivity contribution is -0.183. The van der Waals surface area contributed by atoms with Crippen molar-refractivity contribution in [2.75, 3.05) is 12.4 Å². The van der Waals surface area contributed by atoms with Crippen LogP contribution in [0.1, 0.15) is 36.9 Å². The molecule has 7 heteroatoms. The molecule has 1 aliphatic rings. The quantitative estimate of drug-likeness (QED) is 0.752. The maximum Gasteiger partial charge on any atom is 0.391 e. The highest BCUT2D eigenvalue weighted by Gasteiger charge is 2.40. The fraction of sp³-hybridized carbons (Fsp3) is 0.474. The number of aryl methyl sites for hydroxylation is 1. The van der Waals surface area contributed by atoms with Gasteiger partial charge in [0.25, 0.3) is 0 Å². The van der Waals surface area contributed by atoms with Crippen LogP contribution in [-0.4, -0.2) is 24.2 Å². The molecule has 1 aromatic heterocycles. The van der Waals surface area contributed by atoms with Crippen LogP contribution in [0.3, 0.4) is 0 Å². The lowest BCUT2D eigenvalue weighted by Gasteiger charge is -2.28. The summed E-state index contributed by atoms with van der Waals surface area (Å²) >= 11 is 0. The summed E-state index contributed by atoms with van der Waals surface area (Å²) in [5.41, 5.74) is 1.33. The van der Waals surface area contributed by atoms with Crippen LogP contribution in [0.4, 0.5) is 19.0 Å². The van der Waals surface area contributed by atoms with Gasteiger partial charge in [-0.3, -0.25) is 4.79 Å². The second kappa shape index (κ2) is 8.38. The average molecular weight is 368 g/mol. The third kappa shape index (κ3) is 5.09. The van der Waals surface area contributed by atoms with Crippen molar-refractivity contribution in [1.29, 1.82) is 0 Å². The molecular weight excluding hydrogens is 345 g/mol. The Morgan fingerprint density at radius 2 is 2.00 bits per heavy atom. The fourth-order valence-electron chi connectivity index (χ4n) is 3.19. The van der Waals surface area contributed by atoms with Gasteiger partial charge in [-0.2, -0.15) is 13.2 Å². The molecule has 2 rings (SSSR count). The van der Waals surface area contributed by atoms with E-state index < -0.39 is 12.1 Å². The van der Waals surface area contributed by atoms with Gasteiger partial charge in [0, 0.05) is 5.56 Å². The van der Waals surface area contributed by atoms with Crippen molar-refractivity contribution < 1.29 is 22.7 Å². The van der Waals surface area contributed by atoms with Crippen LogP contribution >= 0.6 is 0 Å². The smallest absolute Gasteiger partial charge is 0.391 e. The zero-order valence-corrected chi connectivity index (χ0v) is 14.9. The average Bonchev–Trinajstić information content (AvgIpc) is 2.59. The Morgan fingerprint density at radius 3 is 2.54 bits per heavy atom. The van der Waals surface area contributed by atoms with E-state index in [1.807, 2.05) is 12.2 Å². The molecule has 1 fully saturated rings. The molecule has 0 aliphatic heterocycles. The molecule has 1 amide bonds. The lowest BCUT2D eigenvalue weighted by atomic mass is 9.81. The predicted octanol–water partition coefficient (Wildman–Crippen LogP) is 4.91. The highest BCUT2D eigenvalue weighted by Crippen LogP contribution is 2.40.